The molecule has 1 fully saturated rings. The number of hydrogen-bond donors (Lipinski definition) is 0. The predicted octanol–water partition coefficient (Wildman–Crippen LogP) is 4.69. The third-order valence-corrected chi connectivity index (χ3v) is 4.95. The van der Waals surface area contributed by atoms with Crippen LogP contribution in [0.4, 0.5) is 0 Å². The first-order valence-electron chi connectivity index (χ1n) is 9.78. The van der Waals surface area contributed by atoms with E-state index in [2.05, 4.69) is 19.9 Å². The number of amides is 1. The van der Waals surface area contributed by atoms with Crippen LogP contribution in [0.15, 0.2) is 34.7 Å². The van der Waals surface area contributed by atoms with Gasteiger partial charge in [0.25, 0.3) is 5.91 Å². The van der Waals surface area contributed by atoms with Crippen LogP contribution in [-0.4, -0.2) is 31.0 Å². The van der Waals surface area contributed by atoms with Crippen molar-refractivity contribution in [3.05, 3.63) is 47.4 Å². The Labute approximate surface area is 161 Å². The molecule has 1 aromatic carbocycles. The van der Waals surface area contributed by atoms with Gasteiger partial charge in [0.05, 0.1) is 7.11 Å². The maximum atomic E-state index is 12.6. The number of carbonyl (C=O) groups is 1. The Morgan fingerprint density at radius 1 is 1.26 bits per heavy atom. The number of ether oxygens (including phenoxy) is 2. The number of methoxy groups -OCH3 is 1. The van der Waals surface area contributed by atoms with Gasteiger partial charge < -0.3 is 18.8 Å². The third-order valence-electron chi connectivity index (χ3n) is 4.95. The SMILES string of the molecule is CCCc1ccc(OCc2ccc(C(=O)N3CCC[C@@H](C)C3)o2)c(OC)c1. The highest BCUT2D eigenvalue weighted by atomic mass is 16.5. The summed E-state index contributed by atoms with van der Waals surface area (Å²) in [5, 5.41) is 0. The highest BCUT2D eigenvalue weighted by Gasteiger charge is 2.24. The van der Waals surface area contributed by atoms with Gasteiger partial charge in [-0.2, -0.15) is 0 Å². The lowest BCUT2D eigenvalue weighted by Crippen LogP contribution is -2.38. The van der Waals surface area contributed by atoms with Crippen LogP contribution in [0, 0.1) is 5.92 Å². The van der Waals surface area contributed by atoms with Gasteiger partial charge in [0, 0.05) is 13.1 Å². The molecule has 5 nitrogen and oxygen atoms in total. The summed E-state index contributed by atoms with van der Waals surface area (Å²) in [5.74, 6) is 2.91. The monoisotopic (exact) mass is 371 g/mol. The number of likely N-dealkylation sites (tertiary alicyclic amines) is 1. The largest absolute Gasteiger partial charge is 0.493 e. The van der Waals surface area contributed by atoms with Crippen LogP contribution in [-0.2, 0) is 13.0 Å². The van der Waals surface area contributed by atoms with E-state index < -0.39 is 0 Å². The van der Waals surface area contributed by atoms with Crippen LogP contribution in [0.2, 0.25) is 0 Å². The highest BCUT2D eigenvalue weighted by molar-refractivity contribution is 5.91. The minimum absolute atomic E-state index is 0.0331. The topological polar surface area (TPSA) is 51.9 Å². The molecule has 5 heteroatoms. The molecule has 0 unspecified atom stereocenters. The van der Waals surface area contributed by atoms with Gasteiger partial charge in [-0.1, -0.05) is 26.3 Å². The van der Waals surface area contributed by atoms with E-state index in [1.54, 1.807) is 19.2 Å². The van der Waals surface area contributed by atoms with E-state index in [-0.39, 0.29) is 12.5 Å². The van der Waals surface area contributed by atoms with Crippen LogP contribution < -0.4 is 9.47 Å². The molecule has 1 saturated heterocycles. The van der Waals surface area contributed by atoms with Crippen molar-refractivity contribution < 1.29 is 18.7 Å². The van der Waals surface area contributed by atoms with Crippen LogP contribution >= 0.6 is 0 Å². The first-order chi connectivity index (χ1) is 13.1. The Bertz CT molecular complexity index is 767. The van der Waals surface area contributed by atoms with Crippen LogP contribution in [0.5, 0.6) is 11.5 Å². The maximum Gasteiger partial charge on any atom is 0.289 e. The molecule has 1 aliphatic rings. The van der Waals surface area contributed by atoms with Gasteiger partial charge in [-0.15, -0.1) is 0 Å². The standard InChI is InChI=1S/C22H29NO4/c1-4-6-17-8-10-19(21(13-17)25-3)26-15-18-9-11-20(27-18)22(24)23-12-5-7-16(2)14-23/h8-11,13,16H,4-7,12,14-15H2,1-3H3/t16-/m1/s1. The molecular weight excluding hydrogens is 342 g/mol. The van der Waals surface area contributed by atoms with Crippen molar-refractivity contribution in [1.29, 1.82) is 0 Å². The van der Waals surface area contributed by atoms with Crippen molar-refractivity contribution in [3.63, 3.8) is 0 Å². The molecule has 0 bridgehead atoms. The van der Waals surface area contributed by atoms with E-state index in [1.807, 2.05) is 17.0 Å². The van der Waals surface area contributed by atoms with Gasteiger partial charge in [0.15, 0.2) is 17.3 Å². The van der Waals surface area contributed by atoms with Gasteiger partial charge in [-0.05, 0) is 55.0 Å². The molecule has 2 aromatic rings. The molecule has 0 N–H and O–H groups in total. The Kier molecular flexibility index (Phi) is 6.43. The van der Waals surface area contributed by atoms with Crippen molar-refractivity contribution in [2.75, 3.05) is 20.2 Å². The number of carbonyl (C=O) groups excluding carboxylic acids is 1. The van der Waals surface area contributed by atoms with E-state index >= 15 is 0 Å². The zero-order valence-electron chi connectivity index (χ0n) is 16.5. The smallest absolute Gasteiger partial charge is 0.289 e. The lowest BCUT2D eigenvalue weighted by Gasteiger charge is -2.30. The molecule has 0 radical (unpaired) electrons. The molecule has 146 valence electrons. The molecule has 1 amide bonds. The lowest BCUT2D eigenvalue weighted by atomic mass is 10.0. The highest BCUT2D eigenvalue weighted by Crippen LogP contribution is 2.29. The van der Waals surface area contributed by atoms with E-state index in [9.17, 15) is 4.79 Å². The fourth-order valence-electron chi connectivity index (χ4n) is 3.52. The summed E-state index contributed by atoms with van der Waals surface area (Å²) < 4.78 is 17.0. The minimum Gasteiger partial charge on any atom is -0.493 e. The van der Waals surface area contributed by atoms with Crippen molar-refractivity contribution >= 4 is 5.91 Å². The number of benzene rings is 1. The summed E-state index contributed by atoms with van der Waals surface area (Å²) in [7, 11) is 1.64. The zero-order valence-corrected chi connectivity index (χ0v) is 16.5. The van der Waals surface area contributed by atoms with Crippen molar-refractivity contribution in [2.45, 2.75) is 46.1 Å². The third kappa shape index (κ3) is 4.85. The fourth-order valence-corrected chi connectivity index (χ4v) is 3.52. The molecule has 27 heavy (non-hydrogen) atoms. The van der Waals surface area contributed by atoms with Crippen LogP contribution in [0.1, 0.15) is 55.0 Å². The second-order valence-electron chi connectivity index (χ2n) is 7.29. The number of hydrogen-bond acceptors (Lipinski definition) is 4. The predicted molar refractivity (Wildman–Crippen MR) is 104 cm³/mol. The molecule has 0 saturated carbocycles. The van der Waals surface area contributed by atoms with Crippen molar-refractivity contribution in [3.8, 4) is 11.5 Å². The fraction of sp³-hybridized carbons (Fsp3) is 0.500. The number of furan rings is 1. The summed E-state index contributed by atoms with van der Waals surface area (Å²) in [4.78, 5) is 14.5. The number of rotatable bonds is 7. The maximum absolute atomic E-state index is 12.6. The Morgan fingerprint density at radius 3 is 2.85 bits per heavy atom. The Morgan fingerprint density at radius 2 is 2.11 bits per heavy atom. The van der Waals surface area contributed by atoms with Crippen molar-refractivity contribution in [2.24, 2.45) is 5.92 Å². The Hall–Kier alpha value is -2.43. The quantitative estimate of drug-likeness (QED) is 0.708. The van der Waals surface area contributed by atoms with E-state index in [1.165, 1.54) is 12.0 Å². The van der Waals surface area contributed by atoms with E-state index in [4.69, 9.17) is 13.9 Å². The van der Waals surface area contributed by atoms with Gasteiger partial charge in [0.1, 0.15) is 12.4 Å². The first-order valence-corrected chi connectivity index (χ1v) is 9.78. The summed E-state index contributed by atoms with van der Waals surface area (Å²) >= 11 is 0. The van der Waals surface area contributed by atoms with Gasteiger partial charge in [0.2, 0.25) is 0 Å². The van der Waals surface area contributed by atoms with E-state index in [0.717, 1.165) is 32.4 Å². The molecule has 2 heterocycles. The second-order valence-corrected chi connectivity index (χ2v) is 7.29. The average molecular weight is 371 g/mol. The van der Waals surface area contributed by atoms with Gasteiger partial charge in [-0.25, -0.2) is 0 Å². The molecule has 1 aromatic heterocycles. The van der Waals surface area contributed by atoms with E-state index in [0.29, 0.717) is 28.9 Å². The zero-order chi connectivity index (χ0) is 19.2. The van der Waals surface area contributed by atoms with Gasteiger partial charge >= 0.3 is 0 Å². The van der Waals surface area contributed by atoms with Crippen molar-refractivity contribution in [1.82, 2.24) is 4.90 Å². The summed E-state index contributed by atoms with van der Waals surface area (Å²) in [6, 6.07) is 9.53. The average Bonchev–Trinajstić information content (AvgIpc) is 3.15. The summed E-state index contributed by atoms with van der Waals surface area (Å²) in [6.45, 7) is 6.19. The van der Waals surface area contributed by atoms with Crippen LogP contribution in [0.3, 0.4) is 0 Å². The number of nitrogens with zero attached hydrogens (tertiary/aromatic N) is 1. The summed E-state index contributed by atoms with van der Waals surface area (Å²) in [6.07, 6.45) is 4.33. The summed E-state index contributed by atoms with van der Waals surface area (Å²) in [5.41, 5.74) is 1.23. The van der Waals surface area contributed by atoms with Gasteiger partial charge in [-0.3, -0.25) is 4.79 Å². The number of aryl methyl sites for hydroxylation is 1. The number of piperidine rings is 1. The Balaban J connectivity index is 1.62. The molecule has 1 aliphatic heterocycles. The normalized spacial score (nSPS) is 17.0. The molecule has 0 aliphatic carbocycles. The second kappa shape index (κ2) is 8.98. The first kappa shape index (κ1) is 19.3. The minimum atomic E-state index is -0.0331. The molecule has 0 spiro atoms. The molecule has 1 atom stereocenters. The lowest BCUT2D eigenvalue weighted by molar-refractivity contribution is 0.0647. The molecular formula is C22H29NO4. The van der Waals surface area contributed by atoms with Crippen LogP contribution in [0.25, 0.3) is 0 Å². The molecule has 3 rings (SSSR count).